The molecule has 0 saturated heterocycles. The third-order valence-corrected chi connectivity index (χ3v) is 3.39. The zero-order valence-corrected chi connectivity index (χ0v) is 22.3. The molecule has 0 spiro atoms. The Morgan fingerprint density at radius 3 is 1.10 bits per heavy atom. The summed E-state index contributed by atoms with van der Waals surface area (Å²) in [5, 5.41) is 0. The molecular weight excluding hydrogens is 379 g/mol. The van der Waals surface area contributed by atoms with E-state index < -0.39 is 41.6 Å². The Bertz CT molecular complexity index is 320. The molecule has 17 heteroatoms. The standard InChI is InChI=1S/C3H12NO9P3.4Na/c5-14(6,7)1-4(2-15(8,9)10)3-16(11,12)13;;;;/h1-3H2,(H2,5,6,7)(H2,8,9,10)(H2,11,12,13);;;;/q;4*+1/p-4. The molecule has 0 amide bonds. The first-order valence-corrected chi connectivity index (χ1v) is 8.83. The normalized spacial score (nSPS) is 16.4. The molecule has 0 bridgehead atoms. The second kappa shape index (κ2) is 14.6. The molecule has 20 heavy (non-hydrogen) atoms. The summed E-state index contributed by atoms with van der Waals surface area (Å²) in [4.78, 5) is 58.2. The van der Waals surface area contributed by atoms with E-state index >= 15 is 0 Å². The summed E-state index contributed by atoms with van der Waals surface area (Å²) in [6.45, 7) is 0. The molecule has 0 aliphatic rings. The summed E-state index contributed by atoms with van der Waals surface area (Å²) in [7, 11) is -15.2. The summed E-state index contributed by atoms with van der Waals surface area (Å²) in [6, 6.07) is 0. The molecule has 98 valence electrons. The zero-order chi connectivity index (χ0) is 13.2. The Kier molecular flexibility index (Phi) is 25.9. The van der Waals surface area contributed by atoms with Crippen molar-refractivity contribution >= 4 is 22.8 Å². The molecule has 0 aliphatic carbocycles. The molecule has 0 heterocycles. The fourth-order valence-electron chi connectivity index (χ4n) is 0.885. The minimum atomic E-state index is -5.21. The molecule has 2 unspecified atom stereocenters. The van der Waals surface area contributed by atoms with Crippen molar-refractivity contribution in [2.24, 2.45) is 0 Å². The fourth-order valence-corrected chi connectivity index (χ4v) is 3.46. The van der Waals surface area contributed by atoms with Crippen LogP contribution in [0.25, 0.3) is 0 Å². The van der Waals surface area contributed by atoms with Gasteiger partial charge in [0.15, 0.2) is 0 Å². The van der Waals surface area contributed by atoms with Gasteiger partial charge in [0.2, 0.25) is 0 Å². The largest absolute Gasteiger partial charge is 1.00 e. The minimum Gasteiger partial charge on any atom is -0.810 e. The summed E-state index contributed by atoms with van der Waals surface area (Å²) in [6.07, 6.45) is -4.17. The van der Waals surface area contributed by atoms with Crippen LogP contribution in [0.1, 0.15) is 0 Å². The maximum Gasteiger partial charge on any atom is 1.00 e. The first kappa shape index (κ1) is 35.5. The molecule has 10 nitrogen and oxygen atoms in total. The van der Waals surface area contributed by atoms with Crippen molar-refractivity contribution in [1.29, 1.82) is 0 Å². The van der Waals surface area contributed by atoms with Crippen LogP contribution in [0.2, 0.25) is 0 Å². The molecular formula is C3H8NNa4O9P3. The summed E-state index contributed by atoms with van der Waals surface area (Å²) >= 11 is 0. The van der Waals surface area contributed by atoms with Crippen molar-refractivity contribution in [3.8, 4) is 0 Å². The van der Waals surface area contributed by atoms with E-state index in [4.69, 9.17) is 9.79 Å². The molecule has 2 N–H and O–H groups in total. The molecule has 0 rings (SSSR count). The van der Waals surface area contributed by atoms with Gasteiger partial charge in [-0.3, -0.25) is 4.90 Å². The van der Waals surface area contributed by atoms with Crippen LogP contribution in [0.5, 0.6) is 0 Å². The fraction of sp³-hybridized carbons (Fsp3) is 1.00. The van der Waals surface area contributed by atoms with E-state index in [9.17, 15) is 33.3 Å². The van der Waals surface area contributed by atoms with E-state index in [0.717, 1.165) is 0 Å². The van der Waals surface area contributed by atoms with Gasteiger partial charge in [-0.05, 0) is 0 Å². The number of hydrogen-bond acceptors (Lipinski definition) is 8. The Balaban J connectivity index is -0.000000187. The number of hydrogen-bond donors (Lipinski definition) is 2. The molecule has 0 aliphatic heterocycles. The first-order chi connectivity index (χ1) is 6.79. The summed E-state index contributed by atoms with van der Waals surface area (Å²) in [5.74, 6) is 0. The van der Waals surface area contributed by atoms with Crippen molar-refractivity contribution in [1.82, 2.24) is 4.90 Å². The van der Waals surface area contributed by atoms with Gasteiger partial charge in [-0.2, -0.15) is 0 Å². The van der Waals surface area contributed by atoms with Gasteiger partial charge in [-0.1, -0.05) is 7.60 Å². The van der Waals surface area contributed by atoms with E-state index in [-0.39, 0.29) is 123 Å². The van der Waals surface area contributed by atoms with E-state index in [1.807, 2.05) is 0 Å². The maximum atomic E-state index is 10.4. The molecule has 0 saturated carbocycles. The van der Waals surface area contributed by atoms with Gasteiger partial charge in [0.1, 0.15) is 15.2 Å². The van der Waals surface area contributed by atoms with Crippen LogP contribution < -0.4 is 138 Å². The Morgan fingerprint density at radius 1 is 0.700 bits per heavy atom. The SMILES string of the molecule is O=P([O-])([O-])CN(CP(=O)([O-])O)CP(=O)([O-])O.[Na+].[Na+].[Na+].[Na+]. The predicted octanol–water partition coefficient (Wildman–Crippen LogP) is -15.8. The summed E-state index contributed by atoms with van der Waals surface area (Å²) in [5.41, 5.74) is 0. The second-order valence-corrected chi connectivity index (χ2v) is 7.60. The molecule has 0 radical (unpaired) electrons. The van der Waals surface area contributed by atoms with Crippen molar-refractivity contribution in [2.45, 2.75) is 0 Å². The Morgan fingerprint density at radius 2 is 0.950 bits per heavy atom. The predicted molar refractivity (Wildman–Crippen MR) is 43.7 cm³/mol. The van der Waals surface area contributed by atoms with Gasteiger partial charge in [0.05, 0.1) is 12.6 Å². The number of nitrogens with zero attached hydrogens (tertiary/aromatic N) is 1. The quantitative estimate of drug-likeness (QED) is 0.327. The van der Waals surface area contributed by atoms with Gasteiger partial charge in [0, 0.05) is 6.29 Å². The molecule has 0 fully saturated rings. The average molecular weight is 387 g/mol. The third-order valence-electron chi connectivity index (χ3n) is 1.13. The van der Waals surface area contributed by atoms with Gasteiger partial charge in [-0.25, -0.2) is 0 Å². The van der Waals surface area contributed by atoms with Crippen LogP contribution in [0, 0.1) is 0 Å². The van der Waals surface area contributed by atoms with Crippen LogP contribution in [0.15, 0.2) is 0 Å². The van der Waals surface area contributed by atoms with Gasteiger partial charge >= 0.3 is 118 Å². The van der Waals surface area contributed by atoms with Gasteiger partial charge < -0.3 is 43.1 Å². The zero-order valence-electron chi connectivity index (χ0n) is 11.7. The number of rotatable bonds is 6. The van der Waals surface area contributed by atoms with Crippen molar-refractivity contribution < 1.29 is 161 Å². The van der Waals surface area contributed by atoms with Crippen molar-refractivity contribution in [2.75, 3.05) is 18.9 Å². The van der Waals surface area contributed by atoms with Crippen LogP contribution in [-0.4, -0.2) is 33.5 Å². The van der Waals surface area contributed by atoms with E-state index in [0.29, 0.717) is 0 Å². The van der Waals surface area contributed by atoms with Crippen LogP contribution in [-0.2, 0) is 13.7 Å². The first-order valence-electron chi connectivity index (χ1n) is 3.58. The molecule has 2 atom stereocenters. The minimum absolute atomic E-state index is 0. The smallest absolute Gasteiger partial charge is 0.810 e. The summed E-state index contributed by atoms with van der Waals surface area (Å²) < 4.78 is 31.1. The van der Waals surface area contributed by atoms with Gasteiger partial charge in [0.25, 0.3) is 0 Å². The molecule has 0 aromatic heterocycles. The van der Waals surface area contributed by atoms with E-state index in [1.54, 1.807) is 0 Å². The van der Waals surface area contributed by atoms with E-state index in [1.165, 1.54) is 0 Å². The van der Waals surface area contributed by atoms with Crippen molar-refractivity contribution in [3.05, 3.63) is 0 Å². The third kappa shape index (κ3) is 27.3. The van der Waals surface area contributed by atoms with Crippen LogP contribution >= 0.6 is 22.8 Å². The Labute approximate surface area is 204 Å². The second-order valence-electron chi connectivity index (χ2n) is 2.98. The molecule has 0 aromatic carbocycles. The Hall–Kier alpha value is 4.41. The average Bonchev–Trinajstić information content (AvgIpc) is 1.70. The van der Waals surface area contributed by atoms with Crippen LogP contribution in [0.4, 0.5) is 0 Å². The topological polar surface area (TPSA) is 187 Å². The van der Waals surface area contributed by atoms with Crippen LogP contribution in [0.3, 0.4) is 0 Å². The monoisotopic (exact) mass is 387 g/mol. The van der Waals surface area contributed by atoms with E-state index in [2.05, 4.69) is 0 Å². The maximum absolute atomic E-state index is 10.4. The van der Waals surface area contributed by atoms with Crippen molar-refractivity contribution in [3.63, 3.8) is 0 Å². The molecule has 0 aromatic rings. The van der Waals surface area contributed by atoms with Gasteiger partial charge in [-0.15, -0.1) is 0 Å².